The van der Waals surface area contributed by atoms with Crippen LogP contribution in [0.25, 0.3) is 11.1 Å². The predicted molar refractivity (Wildman–Crippen MR) is 130 cm³/mol. The molecule has 2 saturated heterocycles. The smallest absolute Gasteiger partial charge is 0.253 e. The van der Waals surface area contributed by atoms with Gasteiger partial charge in [-0.3, -0.25) is 4.79 Å². The number of rotatable bonds is 6. The number of fused-ring (bicyclic) bond motifs is 1. The number of morpholine rings is 1. The molecule has 2 aromatic carbocycles. The van der Waals surface area contributed by atoms with E-state index in [1.54, 1.807) is 24.3 Å². The lowest BCUT2D eigenvalue weighted by Gasteiger charge is -2.46. The molecule has 3 heterocycles. The zero-order valence-electron chi connectivity index (χ0n) is 19.3. The maximum absolute atomic E-state index is 15.3. The molecule has 2 fully saturated rings. The van der Waals surface area contributed by atoms with E-state index in [0.717, 1.165) is 0 Å². The maximum Gasteiger partial charge on any atom is 0.253 e. The van der Waals surface area contributed by atoms with E-state index < -0.39 is 28.0 Å². The molecule has 2 aliphatic heterocycles. The van der Waals surface area contributed by atoms with E-state index in [9.17, 15) is 13.2 Å². The van der Waals surface area contributed by atoms with Gasteiger partial charge < -0.3 is 18.9 Å². The minimum Gasteiger partial charge on any atom is -0.495 e. The average molecular weight is 536 g/mol. The standard InChI is InChI=1S/C24H23ClFN3O6S/c1-33-22-10-18(15-3-2-4-16(25)9-15)19(26)11-21(22)29-20-5-7-28(12-23(20)34-13-24(29)30)36(31,32)14-17-6-8-35-27-17/h2-4,6,8-11,20,23H,5,7,12-14H2,1H3/t20-,23-/m1/s1. The second-order valence-electron chi connectivity index (χ2n) is 8.59. The van der Waals surface area contributed by atoms with Gasteiger partial charge in [0.15, 0.2) is 0 Å². The summed E-state index contributed by atoms with van der Waals surface area (Å²) < 4.78 is 58.5. The van der Waals surface area contributed by atoms with Gasteiger partial charge in [0.05, 0.1) is 30.6 Å². The number of hydrogen-bond donors (Lipinski definition) is 0. The largest absolute Gasteiger partial charge is 0.495 e. The molecule has 2 aliphatic rings. The second-order valence-corrected chi connectivity index (χ2v) is 11.0. The van der Waals surface area contributed by atoms with Crippen molar-refractivity contribution in [3.05, 3.63) is 65.3 Å². The third kappa shape index (κ3) is 4.71. The van der Waals surface area contributed by atoms with E-state index in [4.69, 9.17) is 25.6 Å². The van der Waals surface area contributed by atoms with Crippen molar-refractivity contribution in [2.45, 2.75) is 24.3 Å². The van der Waals surface area contributed by atoms with Crippen molar-refractivity contribution in [3.63, 3.8) is 0 Å². The summed E-state index contributed by atoms with van der Waals surface area (Å²) in [6, 6.07) is 10.6. The Morgan fingerprint density at radius 3 is 2.81 bits per heavy atom. The highest BCUT2D eigenvalue weighted by molar-refractivity contribution is 7.88. The number of halogens is 2. The first-order valence-electron chi connectivity index (χ1n) is 11.2. The molecule has 0 saturated carbocycles. The Morgan fingerprint density at radius 2 is 2.08 bits per heavy atom. The predicted octanol–water partition coefficient (Wildman–Crippen LogP) is 3.48. The van der Waals surface area contributed by atoms with Gasteiger partial charge >= 0.3 is 0 Å². The van der Waals surface area contributed by atoms with Gasteiger partial charge in [-0.15, -0.1) is 0 Å². The summed E-state index contributed by atoms with van der Waals surface area (Å²) in [6.07, 6.45) is 1.02. The number of sulfonamides is 1. The number of benzene rings is 2. The van der Waals surface area contributed by atoms with Gasteiger partial charge in [0.1, 0.15) is 30.2 Å². The summed E-state index contributed by atoms with van der Waals surface area (Å²) in [6.45, 7) is -0.0426. The Morgan fingerprint density at radius 1 is 1.25 bits per heavy atom. The highest BCUT2D eigenvalue weighted by Gasteiger charge is 2.44. The Balaban J connectivity index is 1.43. The van der Waals surface area contributed by atoms with Crippen molar-refractivity contribution in [2.75, 3.05) is 31.7 Å². The molecule has 0 radical (unpaired) electrons. The van der Waals surface area contributed by atoms with Crippen molar-refractivity contribution in [1.82, 2.24) is 9.46 Å². The molecule has 0 N–H and O–H groups in total. The number of carbonyl (C=O) groups is 1. The number of ether oxygens (including phenoxy) is 2. The van der Waals surface area contributed by atoms with Crippen molar-refractivity contribution in [3.8, 4) is 16.9 Å². The minimum atomic E-state index is -3.68. The molecule has 1 aromatic heterocycles. The van der Waals surface area contributed by atoms with Crippen LogP contribution in [0.2, 0.25) is 5.02 Å². The number of aromatic nitrogens is 1. The lowest BCUT2D eigenvalue weighted by atomic mass is 9.97. The van der Waals surface area contributed by atoms with Crippen LogP contribution in [0.3, 0.4) is 0 Å². The summed E-state index contributed by atoms with van der Waals surface area (Å²) in [5.41, 5.74) is 1.42. The van der Waals surface area contributed by atoms with Gasteiger partial charge in [0, 0.05) is 35.8 Å². The fourth-order valence-corrected chi connectivity index (χ4v) is 6.35. The SMILES string of the molecule is COc1cc(-c2cccc(Cl)c2)c(F)cc1N1C(=O)CO[C@@H]2CN(S(=O)(=O)Cc3ccon3)CC[C@H]21. The van der Waals surface area contributed by atoms with Crippen LogP contribution in [-0.4, -0.2) is 62.7 Å². The van der Waals surface area contributed by atoms with E-state index in [-0.39, 0.29) is 42.6 Å². The molecule has 36 heavy (non-hydrogen) atoms. The summed E-state index contributed by atoms with van der Waals surface area (Å²) in [4.78, 5) is 14.4. The van der Waals surface area contributed by atoms with Crippen molar-refractivity contribution in [1.29, 1.82) is 0 Å². The Kier molecular flexibility index (Phi) is 6.73. The first kappa shape index (κ1) is 24.7. The minimum absolute atomic E-state index is 0.0556. The molecule has 12 heteroatoms. The number of nitrogens with zero attached hydrogens (tertiary/aromatic N) is 3. The van der Waals surface area contributed by atoms with Crippen molar-refractivity contribution < 1.29 is 31.6 Å². The summed E-state index contributed by atoms with van der Waals surface area (Å²) in [5.74, 6) is -0.894. The van der Waals surface area contributed by atoms with Crippen LogP contribution < -0.4 is 9.64 Å². The van der Waals surface area contributed by atoms with Gasteiger partial charge in [-0.1, -0.05) is 28.9 Å². The monoisotopic (exact) mass is 535 g/mol. The van der Waals surface area contributed by atoms with Crippen LogP contribution in [0, 0.1) is 5.82 Å². The third-order valence-electron chi connectivity index (χ3n) is 6.39. The summed E-state index contributed by atoms with van der Waals surface area (Å²) in [5, 5.41) is 4.14. The van der Waals surface area contributed by atoms with E-state index in [1.165, 1.54) is 40.8 Å². The van der Waals surface area contributed by atoms with Crippen LogP contribution in [-0.2, 0) is 25.3 Å². The molecule has 190 valence electrons. The molecular formula is C24H23ClFN3O6S. The highest BCUT2D eigenvalue weighted by atomic mass is 35.5. The quantitative estimate of drug-likeness (QED) is 0.476. The molecular weight excluding hydrogens is 513 g/mol. The van der Waals surface area contributed by atoms with E-state index in [0.29, 0.717) is 28.5 Å². The van der Waals surface area contributed by atoms with Crippen molar-refractivity contribution >= 4 is 33.2 Å². The van der Waals surface area contributed by atoms with Gasteiger partial charge in [-0.2, -0.15) is 4.31 Å². The molecule has 5 rings (SSSR count). The topological polar surface area (TPSA) is 102 Å². The summed E-state index contributed by atoms with van der Waals surface area (Å²) in [7, 11) is -2.24. The zero-order chi connectivity index (χ0) is 25.4. The maximum atomic E-state index is 15.3. The number of carbonyl (C=O) groups excluding carboxylic acids is 1. The molecule has 2 atom stereocenters. The van der Waals surface area contributed by atoms with Crippen LogP contribution in [0.1, 0.15) is 12.1 Å². The lowest BCUT2D eigenvalue weighted by Crippen LogP contribution is -2.62. The van der Waals surface area contributed by atoms with E-state index >= 15 is 4.39 Å². The number of amides is 1. The van der Waals surface area contributed by atoms with Gasteiger partial charge in [-0.25, -0.2) is 12.8 Å². The lowest BCUT2D eigenvalue weighted by molar-refractivity contribution is -0.134. The van der Waals surface area contributed by atoms with E-state index in [1.807, 2.05) is 0 Å². The second kappa shape index (κ2) is 9.81. The normalized spacial score (nSPS) is 20.9. The Bertz CT molecular complexity index is 1380. The molecule has 0 unspecified atom stereocenters. The van der Waals surface area contributed by atoms with Gasteiger partial charge in [0.2, 0.25) is 10.0 Å². The fraction of sp³-hybridized carbons (Fsp3) is 0.333. The average Bonchev–Trinajstić information content (AvgIpc) is 3.36. The molecule has 0 bridgehead atoms. The van der Waals surface area contributed by atoms with Gasteiger partial charge in [-0.05, 0) is 30.2 Å². The molecule has 3 aromatic rings. The zero-order valence-corrected chi connectivity index (χ0v) is 20.8. The molecule has 9 nitrogen and oxygen atoms in total. The fourth-order valence-electron chi connectivity index (χ4n) is 4.70. The first-order chi connectivity index (χ1) is 17.3. The van der Waals surface area contributed by atoms with Gasteiger partial charge in [0.25, 0.3) is 5.91 Å². The van der Waals surface area contributed by atoms with Crippen LogP contribution in [0.15, 0.2) is 53.3 Å². The Hall–Kier alpha value is -2.99. The van der Waals surface area contributed by atoms with Crippen LogP contribution in [0.4, 0.5) is 10.1 Å². The third-order valence-corrected chi connectivity index (χ3v) is 8.40. The van der Waals surface area contributed by atoms with E-state index in [2.05, 4.69) is 5.16 Å². The van der Waals surface area contributed by atoms with Crippen molar-refractivity contribution in [2.24, 2.45) is 0 Å². The molecule has 0 spiro atoms. The number of hydrogen-bond acceptors (Lipinski definition) is 7. The molecule has 0 aliphatic carbocycles. The highest BCUT2D eigenvalue weighted by Crippen LogP contribution is 2.40. The number of anilines is 1. The number of methoxy groups -OCH3 is 1. The molecule has 1 amide bonds. The van der Waals surface area contributed by atoms with Crippen LogP contribution >= 0.6 is 11.6 Å². The van der Waals surface area contributed by atoms with Crippen LogP contribution in [0.5, 0.6) is 5.75 Å². The Labute approximate surface area is 212 Å². The number of piperidine rings is 1. The summed E-state index contributed by atoms with van der Waals surface area (Å²) >= 11 is 6.08. The first-order valence-corrected chi connectivity index (χ1v) is 13.2.